The highest BCUT2D eigenvalue weighted by Gasteiger charge is 2.52. The largest absolute Gasteiger partial charge is 0.309 e. The zero-order chi connectivity index (χ0) is 36.8. The summed E-state index contributed by atoms with van der Waals surface area (Å²) in [6, 6.07) is 22.8. The fourth-order valence-electron chi connectivity index (χ4n) is 8.38. The maximum absolute atomic E-state index is 14.2. The molecule has 0 spiro atoms. The maximum Gasteiger partial charge on any atom is 0.203 e. The number of halogens is 3. The summed E-state index contributed by atoms with van der Waals surface area (Å²) < 4.78 is 1.65. The molecule has 0 saturated heterocycles. The third-order valence-electron chi connectivity index (χ3n) is 11.2. The number of carbonyl (C=O) groups is 3. The Balaban J connectivity index is 1.38. The van der Waals surface area contributed by atoms with E-state index in [9.17, 15) is 14.4 Å². The minimum atomic E-state index is -0.604. The van der Waals surface area contributed by atoms with E-state index in [0.717, 1.165) is 50.4 Å². The first-order chi connectivity index (χ1) is 24.5. The number of rotatable bonds is 6. The van der Waals surface area contributed by atoms with E-state index in [1.165, 1.54) is 34.0 Å². The van der Waals surface area contributed by atoms with Crippen molar-refractivity contribution in [2.24, 2.45) is 0 Å². The topological polar surface area (TPSA) is 54.5 Å². The van der Waals surface area contributed by atoms with Crippen LogP contribution in [0.4, 0.5) is 17.1 Å². The van der Waals surface area contributed by atoms with Gasteiger partial charge in [-0.05, 0) is 106 Å². The summed E-state index contributed by atoms with van der Waals surface area (Å²) in [5.41, 5.74) is 9.00. The van der Waals surface area contributed by atoms with Crippen molar-refractivity contribution >= 4 is 103 Å². The molecule has 0 unspecified atom stereocenters. The second-order valence-corrected chi connectivity index (χ2v) is 20.4. The van der Waals surface area contributed by atoms with Crippen molar-refractivity contribution in [3.05, 3.63) is 151 Å². The summed E-state index contributed by atoms with van der Waals surface area (Å²) in [5.74, 6) is -0.299. The van der Waals surface area contributed by atoms with Crippen LogP contribution in [-0.2, 0) is 16.2 Å². The molecule has 0 radical (unpaired) electrons. The Morgan fingerprint density at radius 1 is 0.442 bits per heavy atom. The van der Waals surface area contributed by atoms with Gasteiger partial charge in [-0.3, -0.25) is 14.4 Å². The van der Waals surface area contributed by atoms with Crippen molar-refractivity contribution < 1.29 is 14.4 Å². The highest BCUT2D eigenvalue weighted by molar-refractivity contribution is 7.19. The summed E-state index contributed by atoms with van der Waals surface area (Å²) in [5, 5.41) is 0. The van der Waals surface area contributed by atoms with E-state index < -0.39 is 16.2 Å². The highest BCUT2D eigenvalue weighted by atomic mass is 35.5. The molecular weight excluding hydrogens is 769 g/mol. The first-order valence-corrected chi connectivity index (χ1v) is 20.4. The molecule has 4 nitrogen and oxygen atoms in total. The number of thiophene rings is 3. The monoisotopic (exact) mass is 797 g/mol. The van der Waals surface area contributed by atoms with E-state index in [-0.39, 0.29) is 17.3 Å². The molecule has 3 aliphatic heterocycles. The molecule has 0 N–H and O–H groups in total. The van der Waals surface area contributed by atoms with Gasteiger partial charge in [-0.2, -0.15) is 0 Å². The van der Waals surface area contributed by atoms with Crippen molar-refractivity contribution in [3.8, 4) is 0 Å². The molecule has 0 saturated carbocycles. The quantitative estimate of drug-likeness (QED) is 0.158. The van der Waals surface area contributed by atoms with Crippen molar-refractivity contribution in [1.29, 1.82) is 0 Å². The molecule has 3 aliphatic rings. The Labute approximate surface area is 328 Å². The minimum absolute atomic E-state index is 0.0997. The van der Waals surface area contributed by atoms with Crippen molar-refractivity contribution in [2.75, 3.05) is 4.90 Å². The second-order valence-electron chi connectivity index (χ2n) is 15.3. The lowest BCUT2D eigenvalue weighted by Crippen LogP contribution is -2.44. The fraction of sp³-hybridized carbons (Fsp3) is 0.214. The lowest BCUT2D eigenvalue weighted by Gasteiger charge is -2.55. The van der Waals surface area contributed by atoms with Crippen molar-refractivity contribution in [2.45, 2.75) is 57.8 Å². The number of carbonyl (C=O) groups excluding carboxylic acids is 3. The average Bonchev–Trinajstić information content (AvgIpc) is 3.86. The molecular formula is C42H30Cl3NO3S3. The van der Waals surface area contributed by atoms with Crippen LogP contribution in [0.5, 0.6) is 0 Å². The molecule has 0 fully saturated rings. The van der Waals surface area contributed by atoms with Gasteiger partial charge < -0.3 is 4.90 Å². The first kappa shape index (κ1) is 34.2. The van der Waals surface area contributed by atoms with Crippen LogP contribution in [0.15, 0.2) is 72.8 Å². The molecule has 3 aromatic carbocycles. The van der Waals surface area contributed by atoms with Crippen LogP contribution < -0.4 is 4.90 Å². The van der Waals surface area contributed by atoms with Gasteiger partial charge in [0, 0.05) is 32.9 Å². The Hall–Kier alpha value is -3.56. The van der Waals surface area contributed by atoms with E-state index in [1.807, 2.05) is 36.4 Å². The molecule has 10 heteroatoms. The number of ketones is 3. The number of nitrogens with zero attached hydrogens (tertiary/aromatic N) is 1. The molecule has 6 heterocycles. The summed E-state index contributed by atoms with van der Waals surface area (Å²) in [7, 11) is 0. The van der Waals surface area contributed by atoms with Crippen LogP contribution in [0.25, 0.3) is 0 Å². The SMILES string of the molecule is CC1(C)c2cc(C(=O)c3ccc(Cl)s3)cc3c2N2c4c1cc(C(=O)c1ccc(Cl)s1)cc4C(C)(C)c1cc(C(=O)c4ccc(Cl)s4)cc(c12)C3(C)C. The Morgan fingerprint density at radius 2 is 0.673 bits per heavy atom. The molecule has 0 amide bonds. The van der Waals surface area contributed by atoms with Gasteiger partial charge in [0.2, 0.25) is 17.3 Å². The van der Waals surface area contributed by atoms with Crippen LogP contribution in [-0.4, -0.2) is 17.3 Å². The summed E-state index contributed by atoms with van der Waals surface area (Å²) in [6.07, 6.45) is 0. The maximum atomic E-state index is 14.2. The van der Waals surface area contributed by atoms with E-state index in [1.54, 1.807) is 36.4 Å². The summed E-state index contributed by atoms with van der Waals surface area (Å²) >= 11 is 22.7. The smallest absolute Gasteiger partial charge is 0.203 e. The van der Waals surface area contributed by atoms with Gasteiger partial charge in [0.15, 0.2) is 0 Å². The predicted molar refractivity (Wildman–Crippen MR) is 216 cm³/mol. The molecule has 0 bridgehead atoms. The third-order valence-corrected chi connectivity index (χ3v) is 14.9. The summed E-state index contributed by atoms with van der Waals surface area (Å²) in [4.78, 5) is 46.7. The van der Waals surface area contributed by atoms with Gasteiger partial charge in [0.05, 0.1) is 44.7 Å². The third kappa shape index (κ3) is 4.66. The second kappa shape index (κ2) is 11.2. The fourth-order valence-corrected chi connectivity index (χ4v) is 11.4. The number of hydrogen-bond donors (Lipinski definition) is 0. The molecule has 9 rings (SSSR count). The number of benzene rings is 3. The highest BCUT2D eigenvalue weighted by Crippen LogP contribution is 2.66. The van der Waals surface area contributed by atoms with Gasteiger partial charge in [-0.1, -0.05) is 76.3 Å². The Morgan fingerprint density at radius 3 is 0.865 bits per heavy atom. The van der Waals surface area contributed by atoms with Crippen LogP contribution in [0.2, 0.25) is 13.0 Å². The molecule has 3 aromatic heterocycles. The zero-order valence-electron chi connectivity index (χ0n) is 29.0. The Bertz CT molecular complexity index is 2250. The normalized spacial score (nSPS) is 16.4. The molecule has 52 heavy (non-hydrogen) atoms. The van der Waals surface area contributed by atoms with Gasteiger partial charge in [0.25, 0.3) is 0 Å². The first-order valence-electron chi connectivity index (χ1n) is 16.8. The van der Waals surface area contributed by atoms with Crippen molar-refractivity contribution in [1.82, 2.24) is 0 Å². The molecule has 260 valence electrons. The number of anilines is 3. The number of hydrogen-bond acceptors (Lipinski definition) is 7. The predicted octanol–water partition coefficient (Wildman–Crippen LogP) is 12.9. The Kier molecular flexibility index (Phi) is 7.39. The van der Waals surface area contributed by atoms with Gasteiger partial charge >= 0.3 is 0 Å². The van der Waals surface area contributed by atoms with E-state index >= 15 is 0 Å². The van der Waals surface area contributed by atoms with E-state index in [2.05, 4.69) is 46.4 Å². The zero-order valence-corrected chi connectivity index (χ0v) is 33.7. The van der Waals surface area contributed by atoms with Gasteiger partial charge in [0.1, 0.15) is 0 Å². The van der Waals surface area contributed by atoms with E-state index in [4.69, 9.17) is 34.8 Å². The standard InChI is InChI=1S/C42H30Cl3NO3S3/c1-40(2)22-13-19(37(47)28-7-10-31(43)50-28)15-24-34(22)46-35-23(40)14-20(38(48)29-8-11-32(44)51-29)16-25(35)42(5,6)27-18-21(17-26(36(27)46)41(24,3)4)39(49)30-9-12-33(45)52-30/h7-18H,1-6H3. The molecule has 0 aliphatic carbocycles. The van der Waals surface area contributed by atoms with Crippen molar-refractivity contribution in [3.63, 3.8) is 0 Å². The van der Waals surface area contributed by atoms with Gasteiger partial charge in [-0.15, -0.1) is 34.0 Å². The summed E-state index contributed by atoms with van der Waals surface area (Å²) in [6.45, 7) is 13.1. The lowest BCUT2D eigenvalue weighted by molar-refractivity contribution is 0.103. The van der Waals surface area contributed by atoms with Crippen LogP contribution in [0, 0.1) is 0 Å². The minimum Gasteiger partial charge on any atom is -0.309 e. The van der Waals surface area contributed by atoms with E-state index in [0.29, 0.717) is 44.3 Å². The molecule has 0 atom stereocenters. The van der Waals surface area contributed by atoms with Gasteiger partial charge in [-0.25, -0.2) is 0 Å². The van der Waals surface area contributed by atoms with Crippen LogP contribution in [0.1, 0.15) is 121 Å². The molecule has 6 aromatic rings. The lowest BCUT2D eigenvalue weighted by atomic mass is 9.60. The average molecular weight is 799 g/mol. The van der Waals surface area contributed by atoms with Crippen LogP contribution in [0.3, 0.4) is 0 Å². The van der Waals surface area contributed by atoms with Crippen LogP contribution >= 0.6 is 68.8 Å².